The number of ether oxygens (including phenoxy) is 1. The fourth-order valence-corrected chi connectivity index (χ4v) is 4.33. The number of aromatic nitrogens is 5. The summed E-state index contributed by atoms with van der Waals surface area (Å²) in [5.74, 6) is 1.64. The van der Waals surface area contributed by atoms with E-state index in [-0.39, 0.29) is 0 Å². The van der Waals surface area contributed by atoms with Crippen LogP contribution in [0.2, 0.25) is 0 Å². The van der Waals surface area contributed by atoms with Crippen LogP contribution in [0.4, 0.5) is 10.8 Å². The van der Waals surface area contributed by atoms with Crippen molar-refractivity contribution in [1.82, 2.24) is 24.5 Å². The fourth-order valence-electron chi connectivity index (χ4n) is 3.49. The topological polar surface area (TPSA) is 77.8 Å². The molecule has 0 aliphatic rings. The third-order valence-corrected chi connectivity index (χ3v) is 6.05. The Labute approximate surface area is 196 Å². The molecule has 1 N–H and O–H groups in total. The molecule has 3 heterocycles. The van der Waals surface area contributed by atoms with Gasteiger partial charge in [-0.1, -0.05) is 42.9 Å². The van der Waals surface area contributed by atoms with Crippen LogP contribution in [-0.2, 0) is 6.54 Å². The maximum absolute atomic E-state index is 6.04. The van der Waals surface area contributed by atoms with E-state index < -0.39 is 0 Å². The Bertz CT molecular complexity index is 1370. The predicted octanol–water partition coefficient (Wildman–Crippen LogP) is 6.45. The molecule has 0 atom stereocenters. The number of thiazole rings is 1. The van der Waals surface area contributed by atoms with Crippen molar-refractivity contribution >= 4 is 33.3 Å². The van der Waals surface area contributed by atoms with Crippen LogP contribution in [0, 0.1) is 12.8 Å². The van der Waals surface area contributed by atoms with E-state index in [1.165, 1.54) is 11.9 Å². The summed E-state index contributed by atoms with van der Waals surface area (Å²) < 4.78 is 8.07. The monoisotopic (exact) mass is 456 g/mol. The highest BCUT2D eigenvalue weighted by molar-refractivity contribution is 7.18. The first-order valence-electron chi connectivity index (χ1n) is 10.8. The molecule has 0 radical (unpaired) electrons. The van der Waals surface area contributed by atoms with Crippen LogP contribution in [-0.4, -0.2) is 24.5 Å². The largest absolute Gasteiger partial charge is 0.437 e. The molecule has 0 saturated heterocycles. The Hall–Kier alpha value is -3.78. The van der Waals surface area contributed by atoms with Crippen LogP contribution in [0.3, 0.4) is 0 Å². The van der Waals surface area contributed by atoms with E-state index in [9.17, 15) is 0 Å². The fraction of sp³-hybridized carbons (Fsp3) is 0.200. The lowest BCUT2D eigenvalue weighted by atomic mass is 10.2. The van der Waals surface area contributed by atoms with Gasteiger partial charge in [0.05, 0.1) is 11.2 Å². The van der Waals surface area contributed by atoms with Crippen LogP contribution in [0.5, 0.6) is 11.6 Å². The maximum Gasteiger partial charge on any atom is 0.250 e. The van der Waals surface area contributed by atoms with Crippen molar-refractivity contribution in [3.05, 3.63) is 72.9 Å². The Morgan fingerprint density at radius 1 is 0.970 bits per heavy atom. The SMILES string of the molecule is Cc1ccc(Nc2ncc(-c3ccc(Oc4ncnc5c4ncn5CC(C)C)cc3)s2)cc1. The molecular formula is C25H24N6OS. The lowest BCUT2D eigenvalue weighted by molar-refractivity contribution is 0.467. The molecule has 33 heavy (non-hydrogen) atoms. The molecular weight excluding hydrogens is 432 g/mol. The molecule has 0 aliphatic carbocycles. The lowest BCUT2D eigenvalue weighted by Crippen LogP contribution is -2.03. The minimum absolute atomic E-state index is 0.456. The molecule has 0 amide bonds. The third kappa shape index (κ3) is 4.70. The number of hydrogen-bond donors (Lipinski definition) is 1. The normalized spacial score (nSPS) is 11.3. The predicted molar refractivity (Wildman–Crippen MR) is 132 cm³/mol. The minimum atomic E-state index is 0.456. The molecule has 5 rings (SSSR count). The van der Waals surface area contributed by atoms with E-state index in [0.29, 0.717) is 23.1 Å². The van der Waals surface area contributed by atoms with Crippen molar-refractivity contribution in [2.24, 2.45) is 5.92 Å². The first kappa shape index (κ1) is 21.1. The van der Waals surface area contributed by atoms with Crippen molar-refractivity contribution < 1.29 is 4.74 Å². The summed E-state index contributed by atoms with van der Waals surface area (Å²) in [5.41, 5.74) is 4.78. The molecule has 0 bridgehead atoms. The van der Waals surface area contributed by atoms with Gasteiger partial charge in [0.1, 0.15) is 12.1 Å². The second-order valence-corrected chi connectivity index (χ2v) is 9.32. The Kier molecular flexibility index (Phi) is 5.75. The van der Waals surface area contributed by atoms with Gasteiger partial charge >= 0.3 is 0 Å². The first-order chi connectivity index (χ1) is 16.0. The molecule has 3 aromatic heterocycles. The van der Waals surface area contributed by atoms with E-state index in [2.05, 4.69) is 70.3 Å². The number of nitrogens with one attached hydrogen (secondary N) is 1. The Morgan fingerprint density at radius 3 is 2.52 bits per heavy atom. The number of aryl methyl sites for hydroxylation is 1. The minimum Gasteiger partial charge on any atom is -0.437 e. The Balaban J connectivity index is 1.31. The zero-order valence-electron chi connectivity index (χ0n) is 18.7. The molecule has 0 unspecified atom stereocenters. The summed E-state index contributed by atoms with van der Waals surface area (Å²) in [6.07, 6.45) is 5.19. The van der Waals surface area contributed by atoms with E-state index in [4.69, 9.17) is 4.74 Å². The van der Waals surface area contributed by atoms with Crippen LogP contribution in [0.25, 0.3) is 21.6 Å². The van der Waals surface area contributed by atoms with E-state index in [1.54, 1.807) is 17.7 Å². The van der Waals surface area contributed by atoms with Crippen molar-refractivity contribution in [1.29, 1.82) is 0 Å². The standard InChI is InChI=1S/C25H24N6OS/c1-16(2)13-31-15-29-22-23(31)27-14-28-24(22)32-20-10-6-18(7-11-20)21-12-26-25(33-21)30-19-8-4-17(3)5-9-19/h4-12,14-16H,13H2,1-3H3,(H,26,30). The van der Waals surface area contributed by atoms with Gasteiger partial charge < -0.3 is 14.6 Å². The highest BCUT2D eigenvalue weighted by Crippen LogP contribution is 2.33. The van der Waals surface area contributed by atoms with Crippen LogP contribution >= 0.6 is 11.3 Å². The number of benzene rings is 2. The summed E-state index contributed by atoms with van der Waals surface area (Å²) in [4.78, 5) is 18.7. The maximum atomic E-state index is 6.04. The van der Waals surface area contributed by atoms with E-state index >= 15 is 0 Å². The number of nitrogens with zero attached hydrogens (tertiary/aromatic N) is 5. The molecule has 8 heteroatoms. The molecule has 0 fully saturated rings. The quantitative estimate of drug-likeness (QED) is 0.303. The van der Waals surface area contributed by atoms with Gasteiger partial charge in [-0.05, 0) is 54.8 Å². The zero-order valence-corrected chi connectivity index (χ0v) is 19.5. The molecule has 0 spiro atoms. The number of hydrogen-bond acceptors (Lipinski definition) is 7. The van der Waals surface area contributed by atoms with Gasteiger partial charge in [0.2, 0.25) is 0 Å². The van der Waals surface area contributed by atoms with Crippen LogP contribution in [0.15, 0.2) is 67.4 Å². The number of rotatable bonds is 7. The molecule has 7 nitrogen and oxygen atoms in total. The van der Waals surface area contributed by atoms with Gasteiger partial charge in [0, 0.05) is 18.4 Å². The average Bonchev–Trinajstić information content (AvgIpc) is 3.44. The van der Waals surface area contributed by atoms with Gasteiger partial charge in [-0.2, -0.15) is 4.98 Å². The van der Waals surface area contributed by atoms with Gasteiger partial charge in [-0.3, -0.25) is 0 Å². The number of fused-ring (bicyclic) bond motifs is 1. The number of anilines is 2. The lowest BCUT2D eigenvalue weighted by Gasteiger charge is -2.08. The van der Waals surface area contributed by atoms with Gasteiger partial charge in [-0.25, -0.2) is 15.0 Å². The molecule has 5 aromatic rings. The van der Waals surface area contributed by atoms with Crippen molar-refractivity contribution in [2.75, 3.05) is 5.32 Å². The first-order valence-corrected chi connectivity index (χ1v) is 11.6. The smallest absolute Gasteiger partial charge is 0.250 e. The molecule has 2 aromatic carbocycles. The van der Waals surface area contributed by atoms with Crippen molar-refractivity contribution in [2.45, 2.75) is 27.3 Å². The van der Waals surface area contributed by atoms with Crippen molar-refractivity contribution in [3.8, 4) is 22.1 Å². The van der Waals surface area contributed by atoms with Crippen LogP contribution in [0.1, 0.15) is 19.4 Å². The summed E-state index contributed by atoms with van der Waals surface area (Å²) >= 11 is 1.61. The Morgan fingerprint density at radius 2 is 1.76 bits per heavy atom. The summed E-state index contributed by atoms with van der Waals surface area (Å²) in [5, 5.41) is 4.21. The summed E-state index contributed by atoms with van der Waals surface area (Å²) in [6.45, 7) is 7.25. The van der Waals surface area contributed by atoms with Gasteiger partial charge in [-0.15, -0.1) is 0 Å². The zero-order chi connectivity index (χ0) is 22.8. The number of imidazole rings is 1. The van der Waals surface area contributed by atoms with Gasteiger partial charge in [0.15, 0.2) is 16.3 Å². The third-order valence-electron chi connectivity index (χ3n) is 5.09. The molecule has 0 saturated carbocycles. The van der Waals surface area contributed by atoms with Crippen LogP contribution < -0.4 is 10.1 Å². The average molecular weight is 457 g/mol. The second-order valence-electron chi connectivity index (χ2n) is 8.29. The summed E-state index contributed by atoms with van der Waals surface area (Å²) in [7, 11) is 0. The summed E-state index contributed by atoms with van der Waals surface area (Å²) in [6, 6.07) is 16.2. The van der Waals surface area contributed by atoms with Gasteiger partial charge in [0.25, 0.3) is 5.88 Å². The highest BCUT2D eigenvalue weighted by atomic mass is 32.1. The molecule has 166 valence electrons. The molecule has 0 aliphatic heterocycles. The van der Waals surface area contributed by atoms with E-state index in [1.807, 2.05) is 35.0 Å². The highest BCUT2D eigenvalue weighted by Gasteiger charge is 2.13. The van der Waals surface area contributed by atoms with Crippen molar-refractivity contribution in [3.63, 3.8) is 0 Å². The second kappa shape index (κ2) is 8.99. The van der Waals surface area contributed by atoms with E-state index in [0.717, 1.165) is 33.5 Å².